The molecule has 1 heterocycles. The third-order valence-electron chi connectivity index (χ3n) is 2.86. The summed E-state index contributed by atoms with van der Waals surface area (Å²) in [4.78, 5) is 8.27. The molecule has 0 unspecified atom stereocenters. The molecular formula is C11H20Cl2N4O. The van der Waals surface area contributed by atoms with Crippen LogP contribution in [0.4, 0.5) is 5.95 Å². The van der Waals surface area contributed by atoms with Crippen LogP contribution in [-0.2, 0) is 0 Å². The van der Waals surface area contributed by atoms with Crippen LogP contribution in [0, 0.1) is 0 Å². The van der Waals surface area contributed by atoms with E-state index in [0.717, 1.165) is 25.7 Å². The van der Waals surface area contributed by atoms with Crippen molar-refractivity contribution >= 4 is 30.8 Å². The predicted octanol–water partition coefficient (Wildman–Crippen LogP) is 2.01. The van der Waals surface area contributed by atoms with Crippen LogP contribution < -0.4 is 15.8 Å². The summed E-state index contributed by atoms with van der Waals surface area (Å²) >= 11 is 0. The molecule has 0 bridgehead atoms. The normalized spacial score (nSPS) is 22.3. The Hall–Kier alpha value is -0.780. The van der Waals surface area contributed by atoms with E-state index < -0.39 is 0 Å². The summed E-state index contributed by atoms with van der Waals surface area (Å²) in [7, 11) is 1.79. The minimum atomic E-state index is 0. The molecule has 1 fully saturated rings. The molecule has 0 aromatic carbocycles. The molecule has 0 saturated heterocycles. The number of hydrogen-bond donors (Lipinski definition) is 2. The fourth-order valence-electron chi connectivity index (χ4n) is 1.91. The SMILES string of the molecule is CNc1nccc(O[C@H]2CC[C@H](N)CC2)n1.Cl.Cl. The van der Waals surface area contributed by atoms with E-state index in [9.17, 15) is 0 Å². The topological polar surface area (TPSA) is 73.1 Å². The molecule has 1 aromatic rings. The second kappa shape index (κ2) is 8.34. The summed E-state index contributed by atoms with van der Waals surface area (Å²) in [5.74, 6) is 1.23. The van der Waals surface area contributed by atoms with Gasteiger partial charge in [0.05, 0.1) is 0 Å². The van der Waals surface area contributed by atoms with Gasteiger partial charge >= 0.3 is 0 Å². The Bertz CT molecular complexity index is 346. The summed E-state index contributed by atoms with van der Waals surface area (Å²) in [6.45, 7) is 0. The zero-order chi connectivity index (χ0) is 11.4. The van der Waals surface area contributed by atoms with Gasteiger partial charge in [0.25, 0.3) is 0 Å². The van der Waals surface area contributed by atoms with Crippen LogP contribution in [0.1, 0.15) is 25.7 Å². The van der Waals surface area contributed by atoms with Crippen LogP contribution in [0.5, 0.6) is 5.88 Å². The standard InChI is InChI=1S/C11H18N4O.2ClH/c1-13-11-14-7-6-10(15-11)16-9-4-2-8(12)3-5-9;;/h6-9H,2-5,12H2,1H3,(H,13,14,15);2*1H/t8-,9-;;. The highest BCUT2D eigenvalue weighted by Crippen LogP contribution is 2.21. The summed E-state index contributed by atoms with van der Waals surface area (Å²) in [5, 5.41) is 2.89. The fraction of sp³-hybridized carbons (Fsp3) is 0.636. The summed E-state index contributed by atoms with van der Waals surface area (Å²) in [6, 6.07) is 2.13. The van der Waals surface area contributed by atoms with E-state index in [2.05, 4.69) is 15.3 Å². The Morgan fingerprint density at radius 2 is 1.94 bits per heavy atom. The van der Waals surface area contributed by atoms with E-state index in [1.54, 1.807) is 19.3 Å². The lowest BCUT2D eigenvalue weighted by Gasteiger charge is -2.26. The lowest BCUT2D eigenvalue weighted by Crippen LogP contribution is -2.31. The van der Waals surface area contributed by atoms with E-state index in [-0.39, 0.29) is 30.9 Å². The number of rotatable bonds is 3. The first-order chi connectivity index (χ1) is 7.78. The van der Waals surface area contributed by atoms with Gasteiger partial charge in [0.1, 0.15) is 6.10 Å². The number of hydrogen-bond acceptors (Lipinski definition) is 5. The minimum absolute atomic E-state index is 0. The van der Waals surface area contributed by atoms with Crippen molar-refractivity contribution in [1.82, 2.24) is 9.97 Å². The Morgan fingerprint density at radius 1 is 1.28 bits per heavy atom. The summed E-state index contributed by atoms with van der Waals surface area (Å²) < 4.78 is 5.80. The Balaban J connectivity index is 0.00000144. The van der Waals surface area contributed by atoms with Crippen molar-refractivity contribution in [1.29, 1.82) is 0 Å². The number of nitrogens with two attached hydrogens (primary N) is 1. The zero-order valence-corrected chi connectivity index (χ0v) is 12.0. The molecule has 104 valence electrons. The van der Waals surface area contributed by atoms with Crippen molar-refractivity contribution in [2.24, 2.45) is 5.73 Å². The molecule has 1 aliphatic carbocycles. The van der Waals surface area contributed by atoms with E-state index in [0.29, 0.717) is 17.9 Å². The third kappa shape index (κ3) is 4.84. The van der Waals surface area contributed by atoms with Gasteiger partial charge in [-0.1, -0.05) is 0 Å². The maximum atomic E-state index is 5.84. The van der Waals surface area contributed by atoms with E-state index in [1.807, 2.05) is 0 Å². The van der Waals surface area contributed by atoms with E-state index in [1.165, 1.54) is 0 Å². The number of nitrogens with one attached hydrogen (secondary N) is 1. The molecule has 2 rings (SSSR count). The molecule has 0 atom stereocenters. The first-order valence-electron chi connectivity index (χ1n) is 5.71. The number of nitrogens with zero attached hydrogens (tertiary/aromatic N) is 2. The predicted molar refractivity (Wildman–Crippen MR) is 76.9 cm³/mol. The molecule has 0 amide bonds. The Morgan fingerprint density at radius 3 is 2.56 bits per heavy atom. The monoisotopic (exact) mass is 294 g/mol. The van der Waals surface area contributed by atoms with Crippen LogP contribution in [0.25, 0.3) is 0 Å². The van der Waals surface area contributed by atoms with Gasteiger partial charge in [-0.3, -0.25) is 0 Å². The summed E-state index contributed by atoms with van der Waals surface area (Å²) in [5.41, 5.74) is 5.84. The summed E-state index contributed by atoms with van der Waals surface area (Å²) in [6.07, 6.45) is 6.05. The molecule has 7 heteroatoms. The second-order valence-electron chi connectivity index (χ2n) is 4.12. The molecule has 0 radical (unpaired) electrons. The third-order valence-corrected chi connectivity index (χ3v) is 2.86. The van der Waals surface area contributed by atoms with Crippen LogP contribution in [0.2, 0.25) is 0 Å². The first kappa shape index (κ1) is 17.2. The van der Waals surface area contributed by atoms with Gasteiger partial charge < -0.3 is 15.8 Å². The molecule has 1 aromatic heterocycles. The van der Waals surface area contributed by atoms with Crippen LogP contribution in [-0.4, -0.2) is 29.2 Å². The second-order valence-corrected chi connectivity index (χ2v) is 4.12. The molecule has 5 nitrogen and oxygen atoms in total. The van der Waals surface area contributed by atoms with Crippen molar-refractivity contribution in [2.75, 3.05) is 12.4 Å². The highest BCUT2D eigenvalue weighted by molar-refractivity contribution is 5.85. The van der Waals surface area contributed by atoms with E-state index >= 15 is 0 Å². The highest BCUT2D eigenvalue weighted by Gasteiger charge is 2.20. The van der Waals surface area contributed by atoms with Gasteiger partial charge in [-0.05, 0) is 25.7 Å². The Labute approximate surface area is 120 Å². The first-order valence-corrected chi connectivity index (χ1v) is 5.71. The minimum Gasteiger partial charge on any atom is -0.474 e. The van der Waals surface area contributed by atoms with E-state index in [4.69, 9.17) is 10.5 Å². The molecule has 3 N–H and O–H groups in total. The average molecular weight is 295 g/mol. The van der Waals surface area contributed by atoms with Crippen molar-refractivity contribution in [3.05, 3.63) is 12.3 Å². The smallest absolute Gasteiger partial charge is 0.225 e. The van der Waals surface area contributed by atoms with Gasteiger partial charge in [0.2, 0.25) is 11.8 Å². The quantitative estimate of drug-likeness (QED) is 0.892. The molecular weight excluding hydrogens is 275 g/mol. The van der Waals surface area contributed by atoms with Crippen LogP contribution in [0.3, 0.4) is 0 Å². The number of aromatic nitrogens is 2. The fourth-order valence-corrected chi connectivity index (χ4v) is 1.91. The Kier molecular flexibility index (Phi) is 7.98. The lowest BCUT2D eigenvalue weighted by atomic mass is 9.94. The molecule has 0 aliphatic heterocycles. The van der Waals surface area contributed by atoms with Gasteiger partial charge in [-0.15, -0.1) is 24.8 Å². The van der Waals surface area contributed by atoms with Gasteiger partial charge in [0.15, 0.2) is 0 Å². The number of ether oxygens (including phenoxy) is 1. The molecule has 18 heavy (non-hydrogen) atoms. The maximum Gasteiger partial charge on any atom is 0.225 e. The van der Waals surface area contributed by atoms with Crippen LogP contribution >= 0.6 is 24.8 Å². The van der Waals surface area contributed by atoms with Gasteiger partial charge in [-0.2, -0.15) is 4.98 Å². The van der Waals surface area contributed by atoms with Crippen molar-refractivity contribution < 1.29 is 4.74 Å². The van der Waals surface area contributed by atoms with Crippen molar-refractivity contribution in [3.8, 4) is 5.88 Å². The lowest BCUT2D eigenvalue weighted by molar-refractivity contribution is 0.141. The number of anilines is 1. The average Bonchev–Trinajstić information content (AvgIpc) is 2.32. The van der Waals surface area contributed by atoms with Gasteiger partial charge in [-0.25, -0.2) is 4.98 Å². The van der Waals surface area contributed by atoms with Crippen molar-refractivity contribution in [2.45, 2.75) is 37.8 Å². The molecule has 1 aliphatic rings. The molecule has 1 saturated carbocycles. The van der Waals surface area contributed by atoms with Crippen molar-refractivity contribution in [3.63, 3.8) is 0 Å². The van der Waals surface area contributed by atoms with Crippen LogP contribution in [0.15, 0.2) is 12.3 Å². The molecule has 0 spiro atoms. The van der Waals surface area contributed by atoms with Gasteiger partial charge in [0, 0.05) is 25.4 Å². The zero-order valence-electron chi connectivity index (χ0n) is 10.3. The number of halogens is 2. The highest BCUT2D eigenvalue weighted by atomic mass is 35.5. The largest absolute Gasteiger partial charge is 0.474 e. The maximum absolute atomic E-state index is 5.84.